The molecule has 0 saturated carbocycles. The third-order valence-corrected chi connectivity index (χ3v) is 12.5. The fraction of sp³-hybridized carbons (Fsp3) is 0.393. The van der Waals surface area contributed by atoms with E-state index in [1.807, 2.05) is 19.9 Å². The SMILES string of the molecule is C=C/C(=C\C=N)CNc1ncccc1C(=O)Nc1ccc2c(c1)N(C(=O)OCc1ccc(NC(=O)[C@@H](CC(N)=O)NC(=O)[C@@H](C)NC(=O)[C@@H](C)NC(=O)CCOCCOCCOCCNC(=O)CCN3C(=O)C=CC3=O)cc1)CC2(C)C. The van der Waals surface area contributed by atoms with Crippen LogP contribution in [-0.2, 0) is 69.3 Å². The second-order valence-electron chi connectivity index (χ2n) is 19.4. The zero-order chi connectivity index (χ0) is 59.8. The maximum atomic E-state index is 13.6. The van der Waals surface area contributed by atoms with E-state index in [-0.39, 0.29) is 95.9 Å². The molecule has 10 amide bonds. The summed E-state index contributed by atoms with van der Waals surface area (Å²) in [5.74, 6) is -5.03. The lowest BCUT2D eigenvalue weighted by molar-refractivity contribution is -0.137. The summed E-state index contributed by atoms with van der Waals surface area (Å²) >= 11 is 0. The van der Waals surface area contributed by atoms with Gasteiger partial charge in [0.05, 0.1) is 57.3 Å². The van der Waals surface area contributed by atoms with Crippen LogP contribution in [0.5, 0.6) is 0 Å². The molecule has 1 aromatic heterocycles. The van der Waals surface area contributed by atoms with Gasteiger partial charge in [-0.1, -0.05) is 44.7 Å². The number of pyridine rings is 1. The maximum absolute atomic E-state index is 13.6. The number of fused-ring (bicyclic) bond motifs is 1. The first-order chi connectivity index (χ1) is 39.2. The summed E-state index contributed by atoms with van der Waals surface area (Å²) in [5.41, 5.74) is 8.66. The predicted octanol–water partition coefficient (Wildman–Crippen LogP) is 2.12. The lowest BCUT2D eigenvalue weighted by atomic mass is 9.87. The van der Waals surface area contributed by atoms with Gasteiger partial charge in [-0.2, -0.15) is 0 Å². The fourth-order valence-corrected chi connectivity index (χ4v) is 8.10. The second-order valence-corrected chi connectivity index (χ2v) is 19.4. The Bertz CT molecular complexity index is 2890. The summed E-state index contributed by atoms with van der Waals surface area (Å²) in [6, 6.07) is 11.2. The third kappa shape index (κ3) is 19.9. The van der Waals surface area contributed by atoms with Crippen molar-refractivity contribution in [3.05, 3.63) is 114 Å². The molecule has 0 bridgehead atoms. The summed E-state index contributed by atoms with van der Waals surface area (Å²) in [6.45, 7) is 12.3. The van der Waals surface area contributed by atoms with Crippen molar-refractivity contribution in [2.75, 3.05) is 86.7 Å². The lowest BCUT2D eigenvalue weighted by Gasteiger charge is -2.22. The van der Waals surface area contributed by atoms with Crippen molar-refractivity contribution in [3.63, 3.8) is 0 Å². The highest BCUT2D eigenvalue weighted by Crippen LogP contribution is 2.42. The van der Waals surface area contributed by atoms with Crippen LogP contribution in [0.15, 0.2) is 97.3 Å². The van der Waals surface area contributed by atoms with E-state index in [1.165, 1.54) is 30.9 Å². The first kappa shape index (κ1) is 63.7. The maximum Gasteiger partial charge on any atom is 0.414 e. The van der Waals surface area contributed by atoms with E-state index in [2.05, 4.69) is 48.8 Å². The number of carbonyl (C=O) groups excluding carboxylic acids is 10. The fourth-order valence-electron chi connectivity index (χ4n) is 8.10. The molecule has 10 N–H and O–H groups in total. The number of ether oxygens (including phenoxy) is 4. The molecular weight excluding hydrogens is 1060 g/mol. The number of nitrogens with zero attached hydrogens (tertiary/aromatic N) is 3. The number of allylic oxidation sites excluding steroid dienone is 1. The van der Waals surface area contributed by atoms with Gasteiger partial charge < -0.3 is 67.3 Å². The zero-order valence-corrected chi connectivity index (χ0v) is 46.1. The van der Waals surface area contributed by atoms with Gasteiger partial charge in [-0.3, -0.25) is 53.0 Å². The number of hydrogen-bond acceptors (Lipinski definition) is 17. The number of imide groups is 1. The van der Waals surface area contributed by atoms with Crippen LogP contribution in [0, 0.1) is 5.41 Å². The highest BCUT2D eigenvalue weighted by Gasteiger charge is 2.39. The average molecular weight is 1140 g/mol. The topological polar surface area (TPSA) is 361 Å². The number of benzene rings is 2. The van der Waals surface area contributed by atoms with Crippen LogP contribution in [0.1, 0.15) is 68.4 Å². The Balaban J connectivity index is 0.985. The number of anilines is 4. The van der Waals surface area contributed by atoms with Gasteiger partial charge >= 0.3 is 6.09 Å². The molecular formula is C56H70N12O14. The van der Waals surface area contributed by atoms with Gasteiger partial charge in [0.1, 0.15) is 30.6 Å². The van der Waals surface area contributed by atoms with Gasteiger partial charge in [-0.25, -0.2) is 9.78 Å². The second kappa shape index (κ2) is 31.6. The van der Waals surface area contributed by atoms with Crippen molar-refractivity contribution < 1.29 is 66.9 Å². The summed E-state index contributed by atoms with van der Waals surface area (Å²) in [4.78, 5) is 133. The van der Waals surface area contributed by atoms with Crippen molar-refractivity contribution in [2.24, 2.45) is 5.73 Å². The van der Waals surface area contributed by atoms with Gasteiger partial charge in [0.2, 0.25) is 35.4 Å². The number of aromatic nitrogens is 1. The molecule has 5 rings (SSSR count). The van der Waals surface area contributed by atoms with Crippen LogP contribution < -0.4 is 47.9 Å². The molecule has 0 saturated heterocycles. The lowest BCUT2D eigenvalue weighted by Crippen LogP contribution is -2.55. The molecule has 3 aromatic rings. The molecule has 26 nitrogen and oxygen atoms in total. The molecule has 82 heavy (non-hydrogen) atoms. The number of primary amides is 1. The molecule has 0 fully saturated rings. The minimum Gasteiger partial charge on any atom is -0.444 e. The van der Waals surface area contributed by atoms with E-state index in [0.717, 1.165) is 34.4 Å². The van der Waals surface area contributed by atoms with Crippen LogP contribution in [0.4, 0.5) is 27.7 Å². The largest absolute Gasteiger partial charge is 0.444 e. The van der Waals surface area contributed by atoms with Crippen molar-refractivity contribution in [1.29, 1.82) is 5.41 Å². The molecule has 3 atom stereocenters. The minimum absolute atomic E-state index is 0.00630. The van der Waals surface area contributed by atoms with Crippen LogP contribution >= 0.6 is 0 Å². The molecule has 2 aliphatic rings. The Kier molecular flexibility index (Phi) is 24.5. The van der Waals surface area contributed by atoms with E-state index in [0.29, 0.717) is 29.3 Å². The van der Waals surface area contributed by atoms with Gasteiger partial charge in [0.15, 0.2) is 0 Å². The Morgan fingerprint density at radius 2 is 1.44 bits per heavy atom. The molecule has 26 heteroatoms. The van der Waals surface area contributed by atoms with Gasteiger partial charge in [0, 0.05) is 80.4 Å². The van der Waals surface area contributed by atoms with Crippen molar-refractivity contribution in [3.8, 4) is 0 Å². The quantitative estimate of drug-likeness (QED) is 0.0183. The van der Waals surface area contributed by atoms with E-state index < -0.39 is 83.3 Å². The number of nitrogens with one attached hydrogen (secondary N) is 8. The number of nitrogens with two attached hydrogens (primary N) is 1. The summed E-state index contributed by atoms with van der Waals surface area (Å²) in [6.07, 6.45) is 6.86. The van der Waals surface area contributed by atoms with Crippen LogP contribution in [0.3, 0.4) is 0 Å². The van der Waals surface area contributed by atoms with E-state index in [4.69, 9.17) is 30.1 Å². The zero-order valence-electron chi connectivity index (χ0n) is 46.1. The third-order valence-electron chi connectivity index (χ3n) is 12.5. The summed E-state index contributed by atoms with van der Waals surface area (Å²) in [7, 11) is 0. The number of carbonyl (C=O) groups is 10. The highest BCUT2D eigenvalue weighted by molar-refractivity contribution is 6.13. The normalized spacial score (nSPS) is 14.4. The van der Waals surface area contributed by atoms with Crippen LogP contribution in [0.25, 0.3) is 0 Å². The Labute approximate surface area is 473 Å². The van der Waals surface area contributed by atoms with Gasteiger partial charge in [-0.05, 0) is 73.0 Å². The molecule has 0 radical (unpaired) electrons. The summed E-state index contributed by atoms with van der Waals surface area (Å²) in [5, 5.41) is 26.0. The standard InChI is InChI=1S/C56H70N12O14/c1-6-37(17-20-57)32-61-50-41(8-7-21-60-50)53(76)65-40-13-14-42-44(30-40)68(34-56(42,4)5)55(78)82-33-38-9-11-39(12-10-38)64-54(77)43(31-45(58)69)66-52(75)36(3)63-51(74)35(2)62-47(71)19-24-79-26-28-81-29-27-80-25-22-59-46(70)18-23-67-48(72)15-16-49(67)73/h6-17,20-21,30,35-36,43,57H,1,18-19,22-29,31-34H2,2-5H3,(H2,58,69)(H,59,70)(H,60,61)(H,62,71)(H,63,74)(H,64,77)(H,65,76)(H,66,75)/b37-17+,57-20?/t35-,36-,43-/m1/s1. The average Bonchev–Trinajstić information content (AvgIpc) is 4.04. The molecule has 2 aromatic carbocycles. The highest BCUT2D eigenvalue weighted by atomic mass is 16.6. The van der Waals surface area contributed by atoms with E-state index >= 15 is 0 Å². The monoisotopic (exact) mass is 1130 g/mol. The summed E-state index contributed by atoms with van der Waals surface area (Å²) < 4.78 is 22.0. The molecule has 2 aliphatic heterocycles. The first-order valence-electron chi connectivity index (χ1n) is 26.2. The molecule has 0 aliphatic carbocycles. The molecule has 438 valence electrons. The van der Waals surface area contributed by atoms with E-state index in [1.54, 1.807) is 54.7 Å². The smallest absolute Gasteiger partial charge is 0.414 e. The number of amides is 10. The first-order valence-corrected chi connectivity index (χ1v) is 26.2. The van der Waals surface area contributed by atoms with Gasteiger partial charge in [0.25, 0.3) is 17.7 Å². The Hall–Kier alpha value is -9.14. The van der Waals surface area contributed by atoms with Crippen molar-refractivity contribution >= 4 is 88.4 Å². The van der Waals surface area contributed by atoms with Crippen LogP contribution in [0.2, 0.25) is 0 Å². The minimum atomic E-state index is -1.43. The van der Waals surface area contributed by atoms with Crippen molar-refractivity contribution in [2.45, 2.75) is 77.1 Å². The van der Waals surface area contributed by atoms with E-state index in [9.17, 15) is 47.9 Å². The number of hydrogen-bond donors (Lipinski definition) is 9. The molecule has 0 spiro atoms. The Morgan fingerprint density at radius 1 is 0.793 bits per heavy atom. The Morgan fingerprint density at radius 3 is 2.11 bits per heavy atom. The molecule has 3 heterocycles. The molecule has 0 unspecified atom stereocenters. The number of rotatable bonds is 33. The van der Waals surface area contributed by atoms with Gasteiger partial charge in [-0.15, -0.1) is 0 Å². The van der Waals surface area contributed by atoms with Crippen LogP contribution in [-0.4, -0.2) is 159 Å². The van der Waals surface area contributed by atoms with Crippen molar-refractivity contribution in [1.82, 2.24) is 31.2 Å². The predicted molar refractivity (Wildman–Crippen MR) is 301 cm³/mol.